The van der Waals surface area contributed by atoms with E-state index < -0.39 is 42.1 Å². The fourth-order valence-electron chi connectivity index (χ4n) is 1.93. The van der Waals surface area contributed by atoms with Gasteiger partial charge in [0.1, 0.15) is 18.3 Å². The second-order valence-corrected chi connectivity index (χ2v) is 6.18. The number of hydrogen-bond acceptors (Lipinski definition) is 3. The van der Waals surface area contributed by atoms with E-state index in [-0.39, 0.29) is 10.4 Å². The van der Waals surface area contributed by atoms with Crippen LogP contribution >= 0.6 is 15.9 Å². The Morgan fingerprint density at radius 2 is 1.96 bits per heavy atom. The predicted molar refractivity (Wildman–Crippen MR) is 78.5 cm³/mol. The molecule has 0 aliphatic rings. The van der Waals surface area contributed by atoms with Crippen LogP contribution in [0.25, 0.3) is 0 Å². The fourth-order valence-corrected chi connectivity index (χ4v) is 2.36. The van der Waals surface area contributed by atoms with Crippen molar-refractivity contribution in [1.82, 2.24) is 0 Å². The summed E-state index contributed by atoms with van der Waals surface area (Å²) in [4.78, 5) is 10.8. The van der Waals surface area contributed by atoms with Crippen LogP contribution in [0.5, 0.6) is 5.75 Å². The molecule has 1 aromatic carbocycles. The number of halogens is 5. The third-order valence-corrected chi connectivity index (χ3v) is 3.20. The van der Waals surface area contributed by atoms with Crippen molar-refractivity contribution in [3.8, 4) is 5.75 Å². The van der Waals surface area contributed by atoms with Crippen molar-refractivity contribution in [1.29, 1.82) is 0 Å². The number of alkyl halides is 3. The van der Waals surface area contributed by atoms with E-state index in [0.717, 1.165) is 6.07 Å². The fraction of sp³-hybridized carbons (Fsp3) is 0.500. The van der Waals surface area contributed by atoms with Gasteiger partial charge in [0, 0.05) is 4.47 Å². The third kappa shape index (κ3) is 6.25. The maximum Gasteiger partial charge on any atom is 0.420 e. The second-order valence-electron chi connectivity index (χ2n) is 5.26. The average Bonchev–Trinajstić information content (AvgIpc) is 2.33. The van der Waals surface area contributed by atoms with Gasteiger partial charge in [-0.2, -0.15) is 13.2 Å². The van der Waals surface area contributed by atoms with Crippen molar-refractivity contribution in [2.24, 2.45) is 11.7 Å². The van der Waals surface area contributed by atoms with Crippen molar-refractivity contribution in [3.05, 3.63) is 28.0 Å². The number of carbonyl (C=O) groups excluding carboxylic acids is 1. The van der Waals surface area contributed by atoms with Crippen LogP contribution in [0.3, 0.4) is 0 Å². The van der Waals surface area contributed by atoms with Crippen LogP contribution in [0.4, 0.5) is 22.4 Å². The van der Waals surface area contributed by atoms with Crippen molar-refractivity contribution in [2.75, 3.05) is 6.61 Å². The Morgan fingerprint density at radius 1 is 1.35 bits per heavy atom. The van der Waals surface area contributed by atoms with Gasteiger partial charge in [-0.25, -0.2) is 9.18 Å². The Morgan fingerprint density at radius 3 is 2.43 bits per heavy atom. The van der Waals surface area contributed by atoms with E-state index in [0.29, 0.717) is 12.5 Å². The number of benzene rings is 1. The SMILES string of the molecule is CC(C)C[C@@H](COc1c(F)cc(Br)cc1C(F)(F)F)OC(N)=O. The second kappa shape index (κ2) is 7.85. The van der Waals surface area contributed by atoms with Crippen LogP contribution in [-0.2, 0) is 10.9 Å². The lowest BCUT2D eigenvalue weighted by atomic mass is 10.1. The third-order valence-electron chi connectivity index (χ3n) is 2.74. The molecule has 1 rings (SSSR count). The molecule has 0 heterocycles. The molecule has 1 amide bonds. The first-order valence-corrected chi connectivity index (χ1v) is 7.45. The lowest BCUT2D eigenvalue weighted by Crippen LogP contribution is -2.30. The van der Waals surface area contributed by atoms with Gasteiger partial charge in [-0.1, -0.05) is 29.8 Å². The highest BCUT2D eigenvalue weighted by Crippen LogP contribution is 2.39. The molecule has 23 heavy (non-hydrogen) atoms. The summed E-state index contributed by atoms with van der Waals surface area (Å²) in [5.41, 5.74) is 3.65. The highest BCUT2D eigenvalue weighted by Gasteiger charge is 2.36. The Kier molecular flexibility index (Phi) is 6.67. The summed E-state index contributed by atoms with van der Waals surface area (Å²) < 4.78 is 62.4. The molecular formula is C14H16BrF4NO3. The zero-order chi connectivity index (χ0) is 17.8. The van der Waals surface area contributed by atoms with E-state index >= 15 is 0 Å². The number of hydrogen-bond donors (Lipinski definition) is 1. The molecule has 130 valence electrons. The molecule has 1 aromatic rings. The summed E-state index contributed by atoms with van der Waals surface area (Å²) >= 11 is 2.80. The van der Waals surface area contributed by atoms with Crippen LogP contribution < -0.4 is 10.5 Å². The first-order valence-electron chi connectivity index (χ1n) is 6.65. The first kappa shape index (κ1) is 19.5. The molecule has 0 unspecified atom stereocenters. The quantitative estimate of drug-likeness (QED) is 0.714. The molecule has 0 aliphatic carbocycles. The summed E-state index contributed by atoms with van der Waals surface area (Å²) in [7, 11) is 0. The molecule has 0 aromatic heterocycles. The summed E-state index contributed by atoms with van der Waals surface area (Å²) in [6.07, 6.45) is -6.44. The lowest BCUT2D eigenvalue weighted by Gasteiger charge is -2.21. The molecule has 0 spiro atoms. The summed E-state index contributed by atoms with van der Waals surface area (Å²) in [6.45, 7) is 3.19. The van der Waals surface area contributed by atoms with Gasteiger partial charge in [-0.05, 0) is 24.5 Å². The average molecular weight is 402 g/mol. The Balaban J connectivity index is 3.00. The van der Waals surface area contributed by atoms with Crippen LogP contribution in [0.1, 0.15) is 25.8 Å². The maximum absolute atomic E-state index is 13.8. The van der Waals surface area contributed by atoms with E-state index in [2.05, 4.69) is 15.9 Å². The van der Waals surface area contributed by atoms with Gasteiger partial charge in [0.2, 0.25) is 0 Å². The van der Waals surface area contributed by atoms with Gasteiger partial charge >= 0.3 is 12.3 Å². The number of nitrogens with two attached hydrogens (primary N) is 1. The minimum Gasteiger partial charge on any atom is -0.486 e. The number of rotatable bonds is 6. The number of carbonyl (C=O) groups is 1. The smallest absolute Gasteiger partial charge is 0.420 e. The van der Waals surface area contributed by atoms with E-state index in [9.17, 15) is 22.4 Å². The molecule has 4 nitrogen and oxygen atoms in total. The highest BCUT2D eigenvalue weighted by molar-refractivity contribution is 9.10. The minimum atomic E-state index is -4.79. The maximum atomic E-state index is 13.8. The largest absolute Gasteiger partial charge is 0.486 e. The Hall–Kier alpha value is -1.51. The zero-order valence-corrected chi connectivity index (χ0v) is 14.0. The molecule has 0 saturated carbocycles. The van der Waals surface area contributed by atoms with Crippen LogP contribution in [0.2, 0.25) is 0 Å². The monoisotopic (exact) mass is 401 g/mol. The molecule has 0 saturated heterocycles. The van der Waals surface area contributed by atoms with E-state index in [1.54, 1.807) is 0 Å². The van der Waals surface area contributed by atoms with E-state index in [1.807, 2.05) is 13.8 Å². The van der Waals surface area contributed by atoms with Gasteiger partial charge in [-0.15, -0.1) is 0 Å². The normalized spacial score (nSPS) is 13.0. The van der Waals surface area contributed by atoms with Gasteiger partial charge in [0.15, 0.2) is 11.6 Å². The van der Waals surface area contributed by atoms with E-state index in [4.69, 9.17) is 15.2 Å². The molecule has 0 aliphatic heterocycles. The molecule has 9 heteroatoms. The van der Waals surface area contributed by atoms with Crippen molar-refractivity contribution in [3.63, 3.8) is 0 Å². The predicted octanol–water partition coefficient (Wildman–Crippen LogP) is 4.50. The minimum absolute atomic E-state index is 0.0678. The van der Waals surface area contributed by atoms with Crippen molar-refractivity contribution in [2.45, 2.75) is 32.5 Å². The topological polar surface area (TPSA) is 61.6 Å². The van der Waals surface area contributed by atoms with Crippen molar-refractivity contribution < 1.29 is 31.8 Å². The number of ether oxygens (including phenoxy) is 2. The van der Waals surface area contributed by atoms with Gasteiger partial charge in [-0.3, -0.25) is 0 Å². The van der Waals surface area contributed by atoms with Gasteiger partial charge in [0.05, 0.1) is 0 Å². The molecule has 0 bridgehead atoms. The summed E-state index contributed by atoms with van der Waals surface area (Å²) in [6, 6.07) is 1.57. The zero-order valence-electron chi connectivity index (χ0n) is 12.4. The summed E-state index contributed by atoms with van der Waals surface area (Å²) in [5, 5.41) is 0. The lowest BCUT2D eigenvalue weighted by molar-refractivity contribution is -0.139. The Bertz CT molecular complexity index is 564. The number of amides is 1. The first-order chi connectivity index (χ1) is 10.5. The van der Waals surface area contributed by atoms with Gasteiger partial charge < -0.3 is 15.2 Å². The molecule has 2 N–H and O–H groups in total. The molecular weight excluding hydrogens is 386 g/mol. The highest BCUT2D eigenvalue weighted by atomic mass is 79.9. The Labute approximate surface area is 139 Å². The molecule has 1 atom stereocenters. The van der Waals surface area contributed by atoms with Crippen LogP contribution in [-0.4, -0.2) is 18.8 Å². The summed E-state index contributed by atoms with van der Waals surface area (Å²) in [5.74, 6) is -2.05. The standard InChI is InChI=1S/C14H16BrF4NO3/c1-7(2)3-9(23-13(20)21)6-22-12-10(14(17,18)19)4-8(15)5-11(12)16/h4-5,7,9H,3,6H2,1-2H3,(H2,20,21)/t9-/m0/s1. The van der Waals surface area contributed by atoms with Crippen LogP contribution in [0.15, 0.2) is 16.6 Å². The molecule has 0 fully saturated rings. The van der Waals surface area contributed by atoms with E-state index in [1.165, 1.54) is 0 Å². The van der Waals surface area contributed by atoms with Crippen molar-refractivity contribution >= 4 is 22.0 Å². The number of primary amides is 1. The van der Waals surface area contributed by atoms with Gasteiger partial charge in [0.25, 0.3) is 0 Å². The van der Waals surface area contributed by atoms with Crippen LogP contribution in [0, 0.1) is 11.7 Å². The molecule has 0 radical (unpaired) electrons.